The molecule has 0 bridgehead atoms. The summed E-state index contributed by atoms with van der Waals surface area (Å²) in [6.07, 6.45) is 8.03. The number of allylic oxidation sites excluding steroid dienone is 2. The highest BCUT2D eigenvalue weighted by Crippen LogP contribution is 2.28. The SMILES string of the molecule is O=C(O)C1CC=CCC1C(=O)NCCCOCC1CC1. The molecule has 20 heavy (non-hydrogen) atoms. The third kappa shape index (κ3) is 4.63. The Morgan fingerprint density at radius 1 is 1.20 bits per heavy atom. The van der Waals surface area contributed by atoms with E-state index in [1.165, 1.54) is 12.8 Å². The normalized spacial score (nSPS) is 25.4. The van der Waals surface area contributed by atoms with E-state index >= 15 is 0 Å². The number of aliphatic carboxylic acids is 1. The van der Waals surface area contributed by atoms with Gasteiger partial charge in [-0.3, -0.25) is 9.59 Å². The summed E-state index contributed by atoms with van der Waals surface area (Å²) in [5.74, 6) is -1.31. The minimum Gasteiger partial charge on any atom is -0.481 e. The number of hydrogen-bond acceptors (Lipinski definition) is 3. The van der Waals surface area contributed by atoms with E-state index < -0.39 is 17.8 Å². The van der Waals surface area contributed by atoms with Crippen LogP contribution in [-0.4, -0.2) is 36.7 Å². The largest absolute Gasteiger partial charge is 0.481 e. The topological polar surface area (TPSA) is 75.6 Å². The van der Waals surface area contributed by atoms with Gasteiger partial charge in [-0.05, 0) is 38.0 Å². The summed E-state index contributed by atoms with van der Waals surface area (Å²) in [5.41, 5.74) is 0. The molecule has 2 N–H and O–H groups in total. The van der Waals surface area contributed by atoms with E-state index in [0.717, 1.165) is 18.9 Å². The van der Waals surface area contributed by atoms with Crippen molar-refractivity contribution in [3.63, 3.8) is 0 Å². The molecular formula is C15H23NO4. The fraction of sp³-hybridized carbons (Fsp3) is 0.733. The zero-order valence-corrected chi connectivity index (χ0v) is 11.7. The van der Waals surface area contributed by atoms with E-state index in [-0.39, 0.29) is 5.91 Å². The zero-order valence-electron chi connectivity index (χ0n) is 11.7. The second-order valence-electron chi connectivity index (χ2n) is 5.66. The van der Waals surface area contributed by atoms with Crippen LogP contribution in [-0.2, 0) is 14.3 Å². The molecule has 0 spiro atoms. The average Bonchev–Trinajstić information content (AvgIpc) is 3.26. The van der Waals surface area contributed by atoms with E-state index in [9.17, 15) is 9.59 Å². The Kier molecular flexibility index (Phi) is 5.59. The van der Waals surface area contributed by atoms with Crippen LogP contribution in [0.1, 0.15) is 32.1 Å². The molecule has 5 nitrogen and oxygen atoms in total. The first-order valence-corrected chi connectivity index (χ1v) is 7.41. The Labute approximate surface area is 119 Å². The maximum absolute atomic E-state index is 12.0. The monoisotopic (exact) mass is 281 g/mol. The lowest BCUT2D eigenvalue weighted by Crippen LogP contribution is -2.39. The van der Waals surface area contributed by atoms with Gasteiger partial charge in [-0.1, -0.05) is 12.2 Å². The second kappa shape index (κ2) is 7.43. The Bertz CT molecular complexity index is 376. The fourth-order valence-electron chi connectivity index (χ4n) is 2.43. The summed E-state index contributed by atoms with van der Waals surface area (Å²) in [7, 11) is 0. The fourth-order valence-corrected chi connectivity index (χ4v) is 2.43. The Morgan fingerprint density at radius 3 is 2.55 bits per heavy atom. The minimum absolute atomic E-state index is 0.149. The lowest BCUT2D eigenvalue weighted by molar-refractivity contribution is -0.147. The van der Waals surface area contributed by atoms with E-state index in [2.05, 4.69) is 5.32 Å². The Morgan fingerprint density at radius 2 is 1.90 bits per heavy atom. The highest BCUT2D eigenvalue weighted by molar-refractivity contribution is 5.85. The summed E-state index contributed by atoms with van der Waals surface area (Å²) < 4.78 is 5.49. The molecule has 2 unspecified atom stereocenters. The van der Waals surface area contributed by atoms with Crippen LogP contribution < -0.4 is 5.32 Å². The van der Waals surface area contributed by atoms with Gasteiger partial charge in [-0.15, -0.1) is 0 Å². The molecule has 0 aromatic carbocycles. The molecule has 2 aliphatic rings. The number of carbonyl (C=O) groups excluding carboxylic acids is 1. The lowest BCUT2D eigenvalue weighted by atomic mass is 9.82. The number of rotatable bonds is 8. The van der Waals surface area contributed by atoms with E-state index in [4.69, 9.17) is 9.84 Å². The van der Waals surface area contributed by atoms with Crippen LogP contribution in [0.2, 0.25) is 0 Å². The third-order valence-electron chi connectivity index (χ3n) is 3.90. The first-order chi connectivity index (χ1) is 9.68. The van der Waals surface area contributed by atoms with Gasteiger partial charge in [-0.25, -0.2) is 0 Å². The van der Waals surface area contributed by atoms with Crippen LogP contribution in [0.3, 0.4) is 0 Å². The van der Waals surface area contributed by atoms with Crippen molar-refractivity contribution in [3.8, 4) is 0 Å². The van der Waals surface area contributed by atoms with Gasteiger partial charge >= 0.3 is 5.97 Å². The predicted octanol–water partition coefficient (Wildman–Crippen LogP) is 1.59. The molecule has 0 aromatic heterocycles. The number of amides is 1. The van der Waals surface area contributed by atoms with Crippen molar-refractivity contribution in [2.45, 2.75) is 32.1 Å². The molecule has 0 saturated heterocycles. The van der Waals surface area contributed by atoms with Gasteiger partial charge in [0.25, 0.3) is 0 Å². The Balaban J connectivity index is 1.62. The third-order valence-corrected chi connectivity index (χ3v) is 3.90. The van der Waals surface area contributed by atoms with Crippen molar-refractivity contribution in [3.05, 3.63) is 12.2 Å². The molecule has 1 fully saturated rings. The first-order valence-electron chi connectivity index (χ1n) is 7.41. The summed E-state index contributed by atoms with van der Waals surface area (Å²) in [5, 5.41) is 11.9. The van der Waals surface area contributed by atoms with Crippen LogP contribution in [0.15, 0.2) is 12.2 Å². The van der Waals surface area contributed by atoms with Crippen molar-refractivity contribution in [1.82, 2.24) is 5.32 Å². The molecule has 2 aliphatic carbocycles. The molecular weight excluding hydrogens is 258 g/mol. The smallest absolute Gasteiger partial charge is 0.307 e. The van der Waals surface area contributed by atoms with E-state index in [0.29, 0.717) is 26.0 Å². The molecule has 112 valence electrons. The second-order valence-corrected chi connectivity index (χ2v) is 5.66. The summed E-state index contributed by atoms with van der Waals surface area (Å²) in [6, 6.07) is 0. The van der Waals surface area contributed by atoms with E-state index in [1.54, 1.807) is 0 Å². The summed E-state index contributed by atoms with van der Waals surface area (Å²) >= 11 is 0. The number of carbonyl (C=O) groups is 2. The summed E-state index contributed by atoms with van der Waals surface area (Å²) in [6.45, 7) is 2.04. The standard InChI is InChI=1S/C15H23NO4/c17-14(12-4-1-2-5-13(12)15(18)19)16-8-3-9-20-10-11-6-7-11/h1-2,11-13H,3-10H2,(H,16,17)(H,18,19). The Hall–Kier alpha value is -1.36. The number of carboxylic acid groups (broad SMARTS) is 1. The van der Waals surface area contributed by atoms with Gasteiger partial charge in [0.2, 0.25) is 5.91 Å². The number of ether oxygens (including phenoxy) is 1. The van der Waals surface area contributed by atoms with Gasteiger partial charge in [-0.2, -0.15) is 0 Å². The molecule has 5 heteroatoms. The average molecular weight is 281 g/mol. The zero-order chi connectivity index (χ0) is 14.4. The van der Waals surface area contributed by atoms with Gasteiger partial charge in [0.05, 0.1) is 11.8 Å². The van der Waals surface area contributed by atoms with Crippen LogP contribution >= 0.6 is 0 Å². The lowest BCUT2D eigenvalue weighted by Gasteiger charge is -2.24. The molecule has 0 radical (unpaired) electrons. The quantitative estimate of drug-likeness (QED) is 0.523. The number of carboxylic acids is 1. The van der Waals surface area contributed by atoms with Gasteiger partial charge in [0.15, 0.2) is 0 Å². The van der Waals surface area contributed by atoms with Crippen molar-refractivity contribution < 1.29 is 19.4 Å². The van der Waals surface area contributed by atoms with Crippen LogP contribution in [0.25, 0.3) is 0 Å². The van der Waals surface area contributed by atoms with Crippen LogP contribution in [0.4, 0.5) is 0 Å². The molecule has 2 atom stereocenters. The van der Waals surface area contributed by atoms with Gasteiger partial charge in [0, 0.05) is 19.8 Å². The van der Waals surface area contributed by atoms with Crippen LogP contribution in [0.5, 0.6) is 0 Å². The van der Waals surface area contributed by atoms with Crippen molar-refractivity contribution >= 4 is 11.9 Å². The molecule has 2 rings (SSSR count). The molecule has 1 saturated carbocycles. The van der Waals surface area contributed by atoms with Crippen molar-refractivity contribution in [1.29, 1.82) is 0 Å². The highest BCUT2D eigenvalue weighted by atomic mass is 16.5. The van der Waals surface area contributed by atoms with Crippen molar-refractivity contribution in [2.24, 2.45) is 17.8 Å². The van der Waals surface area contributed by atoms with Gasteiger partial charge in [0.1, 0.15) is 0 Å². The van der Waals surface area contributed by atoms with E-state index in [1.807, 2.05) is 12.2 Å². The maximum Gasteiger partial charge on any atom is 0.307 e. The molecule has 1 amide bonds. The highest BCUT2D eigenvalue weighted by Gasteiger charge is 2.33. The molecule has 0 heterocycles. The maximum atomic E-state index is 12.0. The molecule has 0 aromatic rings. The van der Waals surface area contributed by atoms with Crippen LogP contribution in [0, 0.1) is 17.8 Å². The molecule has 0 aliphatic heterocycles. The number of nitrogens with one attached hydrogen (secondary N) is 1. The minimum atomic E-state index is -0.887. The van der Waals surface area contributed by atoms with Gasteiger partial charge < -0.3 is 15.2 Å². The number of hydrogen-bond donors (Lipinski definition) is 2. The first kappa shape index (κ1) is 15.0. The predicted molar refractivity (Wildman–Crippen MR) is 74.2 cm³/mol. The van der Waals surface area contributed by atoms with Crippen molar-refractivity contribution in [2.75, 3.05) is 19.8 Å². The summed E-state index contributed by atoms with van der Waals surface area (Å²) in [4.78, 5) is 23.1.